The molecule has 0 aromatic rings. The first kappa shape index (κ1) is 14.4. The third-order valence-electron chi connectivity index (χ3n) is 3.11. The second kappa shape index (κ2) is 8.44. The zero-order valence-corrected chi connectivity index (χ0v) is 10.8. The van der Waals surface area contributed by atoms with E-state index >= 15 is 0 Å². The number of ether oxygens (including phenoxy) is 2. The van der Waals surface area contributed by atoms with E-state index in [2.05, 4.69) is 10.6 Å². The van der Waals surface area contributed by atoms with Gasteiger partial charge in [-0.15, -0.1) is 0 Å². The van der Waals surface area contributed by atoms with E-state index < -0.39 is 0 Å². The number of carbonyl (C=O) groups is 1. The molecular weight excluding hydrogens is 220 g/mol. The summed E-state index contributed by atoms with van der Waals surface area (Å²) in [7, 11) is 3.57. The molecule has 2 atom stereocenters. The van der Waals surface area contributed by atoms with Gasteiger partial charge < -0.3 is 20.1 Å². The van der Waals surface area contributed by atoms with Gasteiger partial charge in [0.2, 0.25) is 5.91 Å². The first-order chi connectivity index (χ1) is 8.29. The average molecular weight is 244 g/mol. The molecule has 0 aromatic heterocycles. The molecule has 5 nitrogen and oxygen atoms in total. The molecule has 0 bridgehead atoms. The second-order valence-corrected chi connectivity index (χ2v) is 4.38. The Morgan fingerprint density at radius 1 is 1.35 bits per heavy atom. The van der Waals surface area contributed by atoms with Crippen LogP contribution in [0.3, 0.4) is 0 Å². The number of likely N-dealkylation sites (N-methyl/N-ethyl adjacent to an activating group) is 1. The maximum atomic E-state index is 11.8. The van der Waals surface area contributed by atoms with Crippen molar-refractivity contribution >= 4 is 5.91 Å². The van der Waals surface area contributed by atoms with Crippen molar-refractivity contribution in [1.29, 1.82) is 0 Å². The maximum absolute atomic E-state index is 11.8. The van der Waals surface area contributed by atoms with E-state index in [0.717, 1.165) is 32.4 Å². The Balaban J connectivity index is 2.08. The Bertz CT molecular complexity index is 224. The number of methoxy groups -OCH3 is 1. The summed E-state index contributed by atoms with van der Waals surface area (Å²) < 4.78 is 10.3. The van der Waals surface area contributed by atoms with Gasteiger partial charge in [-0.2, -0.15) is 0 Å². The number of amides is 1. The molecule has 17 heavy (non-hydrogen) atoms. The van der Waals surface area contributed by atoms with E-state index in [0.29, 0.717) is 13.2 Å². The van der Waals surface area contributed by atoms with Crippen LogP contribution in [-0.2, 0) is 14.3 Å². The molecule has 1 aliphatic rings. The Morgan fingerprint density at radius 2 is 2.18 bits per heavy atom. The Labute approximate surface area is 103 Å². The molecule has 2 unspecified atom stereocenters. The second-order valence-electron chi connectivity index (χ2n) is 4.38. The minimum absolute atomic E-state index is 0.0426. The molecule has 1 amide bonds. The van der Waals surface area contributed by atoms with Crippen LogP contribution >= 0.6 is 0 Å². The van der Waals surface area contributed by atoms with Crippen LogP contribution in [0.25, 0.3) is 0 Å². The van der Waals surface area contributed by atoms with Crippen molar-refractivity contribution in [1.82, 2.24) is 10.6 Å². The maximum Gasteiger partial charge on any atom is 0.227 e. The fourth-order valence-electron chi connectivity index (χ4n) is 1.99. The van der Waals surface area contributed by atoms with Gasteiger partial charge in [0.1, 0.15) is 0 Å². The predicted octanol–water partition coefficient (Wildman–Crippen LogP) is 0.154. The van der Waals surface area contributed by atoms with Gasteiger partial charge in [0.05, 0.1) is 19.1 Å². The smallest absolute Gasteiger partial charge is 0.227 e. The number of carbonyl (C=O) groups excluding carboxylic acids is 1. The average Bonchev–Trinajstić information content (AvgIpc) is 2.81. The molecule has 0 saturated carbocycles. The molecule has 1 rings (SSSR count). The van der Waals surface area contributed by atoms with Gasteiger partial charge in [-0.05, 0) is 26.3 Å². The summed E-state index contributed by atoms with van der Waals surface area (Å²) in [5.74, 6) is 0.0626. The van der Waals surface area contributed by atoms with Crippen LogP contribution in [0.1, 0.15) is 19.3 Å². The van der Waals surface area contributed by atoms with E-state index in [1.165, 1.54) is 0 Å². The van der Waals surface area contributed by atoms with E-state index in [1.807, 2.05) is 7.05 Å². The first-order valence-corrected chi connectivity index (χ1v) is 6.31. The quantitative estimate of drug-likeness (QED) is 0.597. The van der Waals surface area contributed by atoms with E-state index in [-0.39, 0.29) is 17.9 Å². The number of unbranched alkanes of at least 4 members (excludes halogenated alkanes) is 2. The van der Waals surface area contributed by atoms with Crippen LogP contribution in [0.4, 0.5) is 0 Å². The van der Waals surface area contributed by atoms with E-state index in [1.54, 1.807) is 7.11 Å². The highest BCUT2D eigenvalue weighted by Gasteiger charge is 2.32. The van der Waals surface area contributed by atoms with Crippen molar-refractivity contribution in [3.05, 3.63) is 0 Å². The Hall–Kier alpha value is -0.650. The minimum Gasteiger partial charge on any atom is -0.385 e. The summed E-state index contributed by atoms with van der Waals surface area (Å²) in [4.78, 5) is 11.8. The molecule has 0 spiro atoms. The molecule has 1 fully saturated rings. The predicted molar refractivity (Wildman–Crippen MR) is 65.9 cm³/mol. The number of rotatable bonds is 8. The zero-order chi connectivity index (χ0) is 12.5. The minimum atomic E-state index is -0.0426. The molecule has 5 heteroatoms. The van der Waals surface area contributed by atoms with Crippen LogP contribution in [0, 0.1) is 5.92 Å². The summed E-state index contributed by atoms with van der Waals surface area (Å²) in [6.45, 7) is 2.70. The normalized spacial score (nSPS) is 23.9. The van der Waals surface area contributed by atoms with Crippen molar-refractivity contribution in [3.8, 4) is 0 Å². The van der Waals surface area contributed by atoms with Gasteiger partial charge in [0.25, 0.3) is 0 Å². The molecule has 0 radical (unpaired) electrons. The third-order valence-corrected chi connectivity index (χ3v) is 3.11. The standard InChI is InChI=1S/C12H24N2O3/c1-13-11-9-17-8-10(11)12(15)14-6-4-3-5-7-16-2/h10-11,13H,3-9H2,1-2H3,(H,14,15). The Kier molecular flexibility index (Phi) is 7.16. The van der Waals surface area contributed by atoms with Gasteiger partial charge in [0, 0.05) is 26.3 Å². The van der Waals surface area contributed by atoms with Crippen LogP contribution in [0.2, 0.25) is 0 Å². The summed E-state index contributed by atoms with van der Waals surface area (Å²) in [6, 6.07) is 0.156. The van der Waals surface area contributed by atoms with Crippen LogP contribution in [-0.4, -0.2) is 52.5 Å². The molecule has 1 heterocycles. The summed E-state index contributed by atoms with van der Waals surface area (Å²) in [6.07, 6.45) is 3.15. The molecular formula is C12H24N2O3. The molecule has 0 aromatic carbocycles. The van der Waals surface area contributed by atoms with E-state index in [9.17, 15) is 4.79 Å². The fourth-order valence-corrected chi connectivity index (χ4v) is 1.99. The van der Waals surface area contributed by atoms with Crippen molar-refractivity contribution < 1.29 is 14.3 Å². The lowest BCUT2D eigenvalue weighted by Crippen LogP contribution is -2.42. The van der Waals surface area contributed by atoms with Crippen molar-refractivity contribution in [3.63, 3.8) is 0 Å². The van der Waals surface area contributed by atoms with Crippen LogP contribution in [0.15, 0.2) is 0 Å². The van der Waals surface area contributed by atoms with Crippen LogP contribution < -0.4 is 10.6 Å². The van der Waals surface area contributed by atoms with Gasteiger partial charge in [-0.1, -0.05) is 0 Å². The molecule has 1 aliphatic heterocycles. The molecule has 1 saturated heterocycles. The van der Waals surface area contributed by atoms with Gasteiger partial charge in [-0.3, -0.25) is 4.79 Å². The molecule has 2 N–H and O–H groups in total. The lowest BCUT2D eigenvalue weighted by Gasteiger charge is -2.16. The zero-order valence-electron chi connectivity index (χ0n) is 10.8. The SMILES string of the molecule is CNC1COCC1C(=O)NCCCCCOC. The van der Waals surface area contributed by atoms with Gasteiger partial charge in [0.15, 0.2) is 0 Å². The number of hydrogen-bond acceptors (Lipinski definition) is 4. The van der Waals surface area contributed by atoms with E-state index in [4.69, 9.17) is 9.47 Å². The highest BCUT2D eigenvalue weighted by molar-refractivity contribution is 5.79. The van der Waals surface area contributed by atoms with Crippen molar-refractivity contribution in [2.24, 2.45) is 5.92 Å². The first-order valence-electron chi connectivity index (χ1n) is 6.31. The van der Waals surface area contributed by atoms with Crippen LogP contribution in [0.5, 0.6) is 0 Å². The van der Waals surface area contributed by atoms with Crippen molar-refractivity contribution in [2.45, 2.75) is 25.3 Å². The topological polar surface area (TPSA) is 59.6 Å². The Morgan fingerprint density at radius 3 is 2.88 bits per heavy atom. The lowest BCUT2D eigenvalue weighted by atomic mass is 10.0. The number of hydrogen-bond donors (Lipinski definition) is 2. The summed E-state index contributed by atoms with van der Waals surface area (Å²) in [5, 5.41) is 6.08. The largest absolute Gasteiger partial charge is 0.385 e. The summed E-state index contributed by atoms with van der Waals surface area (Å²) in [5.41, 5.74) is 0. The van der Waals surface area contributed by atoms with Gasteiger partial charge in [-0.25, -0.2) is 0 Å². The fraction of sp³-hybridized carbons (Fsp3) is 0.917. The monoisotopic (exact) mass is 244 g/mol. The molecule has 100 valence electrons. The highest BCUT2D eigenvalue weighted by atomic mass is 16.5. The van der Waals surface area contributed by atoms with Gasteiger partial charge >= 0.3 is 0 Å². The highest BCUT2D eigenvalue weighted by Crippen LogP contribution is 2.13. The number of nitrogens with one attached hydrogen (secondary N) is 2. The third kappa shape index (κ3) is 5.02. The summed E-state index contributed by atoms with van der Waals surface area (Å²) >= 11 is 0. The van der Waals surface area contributed by atoms with Crippen molar-refractivity contribution in [2.75, 3.05) is 40.5 Å². The molecule has 0 aliphatic carbocycles. The lowest BCUT2D eigenvalue weighted by molar-refractivity contribution is -0.125.